The van der Waals surface area contributed by atoms with Gasteiger partial charge in [-0.2, -0.15) is 13.5 Å². The van der Waals surface area contributed by atoms with E-state index in [0.717, 1.165) is 6.92 Å². The van der Waals surface area contributed by atoms with Crippen LogP contribution in [0.2, 0.25) is 0 Å². The van der Waals surface area contributed by atoms with Crippen LogP contribution in [0.1, 0.15) is 6.92 Å². The Kier molecular flexibility index (Phi) is 3.44. The Hall–Kier alpha value is -2.00. The van der Waals surface area contributed by atoms with Crippen LogP contribution < -0.4 is 11.1 Å². The molecule has 0 aliphatic carbocycles. The number of nitrogens with zero attached hydrogens (tertiary/aromatic N) is 1. The number of hydrogen-bond acceptors (Lipinski definition) is 6. The van der Waals surface area contributed by atoms with E-state index in [0.29, 0.717) is 0 Å². The van der Waals surface area contributed by atoms with Gasteiger partial charge in [0.1, 0.15) is 10.6 Å². The minimum absolute atomic E-state index is 0.123. The van der Waals surface area contributed by atoms with E-state index < -0.39 is 20.9 Å². The number of nitrogens with one attached hydrogen (secondary N) is 2. The Balaban J connectivity index is 3.65. The molecule has 0 bridgehead atoms. The van der Waals surface area contributed by atoms with Gasteiger partial charge in [-0.3, -0.25) is 9.35 Å². The molecule has 0 aliphatic rings. The smallest absolute Gasteiger partial charge is 0.298 e. The van der Waals surface area contributed by atoms with Crippen LogP contribution in [0.25, 0.3) is 0 Å². The lowest BCUT2D eigenvalue weighted by Gasteiger charge is -2.11. The van der Waals surface area contributed by atoms with Crippen LogP contribution in [0.3, 0.4) is 0 Å². The van der Waals surface area contributed by atoms with Crippen molar-refractivity contribution < 1.29 is 17.8 Å². The van der Waals surface area contributed by atoms with Gasteiger partial charge < -0.3 is 11.1 Å². The van der Waals surface area contributed by atoms with Crippen molar-refractivity contribution in [1.29, 1.82) is 5.53 Å². The van der Waals surface area contributed by atoms with Crippen molar-refractivity contribution in [2.45, 2.75) is 11.8 Å². The molecule has 0 heterocycles. The van der Waals surface area contributed by atoms with Crippen LogP contribution in [-0.4, -0.2) is 18.9 Å². The quantitative estimate of drug-likeness (QED) is 0.364. The molecule has 1 amide bonds. The lowest BCUT2D eigenvalue weighted by molar-refractivity contribution is -0.114. The Morgan fingerprint density at radius 3 is 2.53 bits per heavy atom. The molecule has 0 unspecified atom stereocenters. The second kappa shape index (κ2) is 4.47. The Morgan fingerprint density at radius 1 is 1.53 bits per heavy atom. The molecule has 92 valence electrons. The van der Waals surface area contributed by atoms with Crippen LogP contribution in [0, 0.1) is 5.53 Å². The summed E-state index contributed by atoms with van der Waals surface area (Å²) < 4.78 is 31.3. The minimum atomic E-state index is -4.63. The van der Waals surface area contributed by atoms with Gasteiger partial charge in [0, 0.05) is 6.92 Å². The second-order valence-corrected chi connectivity index (χ2v) is 4.50. The Bertz CT molecular complexity index is 581. The van der Waals surface area contributed by atoms with Crippen LogP contribution in [-0.2, 0) is 14.9 Å². The molecule has 5 N–H and O–H groups in total. The number of amides is 1. The third kappa shape index (κ3) is 2.77. The molecular weight excluding hydrogens is 248 g/mol. The van der Waals surface area contributed by atoms with E-state index in [1.807, 2.05) is 0 Å². The molecule has 9 heteroatoms. The molecule has 0 aliphatic heterocycles. The highest BCUT2D eigenvalue weighted by Crippen LogP contribution is 2.36. The highest BCUT2D eigenvalue weighted by Gasteiger charge is 2.23. The number of benzene rings is 1. The number of carbonyl (C=O) groups is 1. The first kappa shape index (κ1) is 13.1. The van der Waals surface area contributed by atoms with E-state index in [1.54, 1.807) is 0 Å². The predicted octanol–water partition coefficient (Wildman–Crippen LogP) is 1.14. The molecule has 0 saturated heterocycles. The van der Waals surface area contributed by atoms with E-state index in [1.165, 1.54) is 12.1 Å². The summed E-state index contributed by atoms with van der Waals surface area (Å²) >= 11 is 0. The highest BCUT2D eigenvalue weighted by molar-refractivity contribution is 7.86. The highest BCUT2D eigenvalue weighted by atomic mass is 32.2. The van der Waals surface area contributed by atoms with E-state index in [2.05, 4.69) is 10.4 Å². The molecule has 0 spiro atoms. The molecule has 1 aromatic rings. The maximum absolute atomic E-state index is 11.1. The zero-order valence-corrected chi connectivity index (χ0v) is 9.58. The van der Waals surface area contributed by atoms with Gasteiger partial charge >= 0.3 is 0 Å². The first-order valence-corrected chi connectivity index (χ1v) is 5.76. The average molecular weight is 258 g/mol. The van der Waals surface area contributed by atoms with Gasteiger partial charge in [0.25, 0.3) is 10.1 Å². The molecule has 0 atom stereocenters. The largest absolute Gasteiger partial charge is 0.398 e. The van der Waals surface area contributed by atoms with E-state index in [-0.39, 0.29) is 17.1 Å². The first-order chi connectivity index (χ1) is 7.77. The monoisotopic (exact) mass is 258 g/mol. The molecule has 0 radical (unpaired) electrons. The molecule has 8 nitrogen and oxygen atoms in total. The summed E-state index contributed by atoms with van der Waals surface area (Å²) in [5, 5.41) is 5.21. The number of hydrogen-bond donors (Lipinski definition) is 4. The van der Waals surface area contributed by atoms with E-state index in [9.17, 15) is 13.2 Å². The summed E-state index contributed by atoms with van der Waals surface area (Å²) in [4.78, 5) is 10.3. The number of nitrogen functional groups attached to an aromatic ring is 1. The van der Waals surface area contributed by atoms with Crippen LogP contribution in [0.5, 0.6) is 0 Å². The van der Waals surface area contributed by atoms with Crippen molar-refractivity contribution >= 4 is 33.1 Å². The number of rotatable bonds is 3. The minimum Gasteiger partial charge on any atom is -0.398 e. The maximum atomic E-state index is 11.1. The van der Waals surface area contributed by atoms with E-state index >= 15 is 0 Å². The number of nitrogens with two attached hydrogens (primary N) is 1. The normalized spacial score (nSPS) is 10.9. The van der Waals surface area contributed by atoms with Gasteiger partial charge in [0.05, 0.1) is 11.4 Å². The third-order valence-corrected chi connectivity index (χ3v) is 2.80. The average Bonchev–Trinajstić information content (AvgIpc) is 2.15. The molecule has 0 aromatic heterocycles. The summed E-state index contributed by atoms with van der Waals surface area (Å²) in [6.45, 7) is 1.14. The SMILES string of the molecule is CC(=O)Nc1c(N=N)ccc(N)c1S(=O)(=O)O. The fourth-order valence-corrected chi connectivity index (χ4v) is 2.04. The van der Waals surface area contributed by atoms with Crippen molar-refractivity contribution in [2.24, 2.45) is 5.11 Å². The third-order valence-electron chi connectivity index (χ3n) is 1.85. The summed E-state index contributed by atoms with van der Waals surface area (Å²) in [6, 6.07) is 2.42. The first-order valence-electron chi connectivity index (χ1n) is 4.32. The van der Waals surface area contributed by atoms with Crippen molar-refractivity contribution in [3.8, 4) is 0 Å². The zero-order chi connectivity index (χ0) is 13.2. The molecular formula is C8H10N4O4S. The summed E-state index contributed by atoms with van der Waals surface area (Å²) in [5.74, 6) is -0.578. The summed E-state index contributed by atoms with van der Waals surface area (Å²) in [5.41, 5.74) is 11.6. The zero-order valence-electron chi connectivity index (χ0n) is 8.76. The molecule has 1 rings (SSSR count). The van der Waals surface area contributed by atoms with Crippen LogP contribution >= 0.6 is 0 Å². The topological polar surface area (TPSA) is 146 Å². The summed E-state index contributed by atoms with van der Waals surface area (Å²) in [7, 11) is -4.63. The predicted molar refractivity (Wildman–Crippen MR) is 59.8 cm³/mol. The van der Waals surface area contributed by atoms with Crippen molar-refractivity contribution in [3.63, 3.8) is 0 Å². The number of anilines is 2. The van der Waals surface area contributed by atoms with Gasteiger partial charge in [0.15, 0.2) is 0 Å². The Labute approximate surface area is 97.1 Å². The molecule has 0 fully saturated rings. The lowest BCUT2D eigenvalue weighted by atomic mass is 10.2. The standard InChI is InChI=1S/C8H10N4O4S/c1-4(13)11-7-6(12-10)3-2-5(9)8(7)17(14,15)16/h2-3,10H,9H2,1H3,(H,11,13)(H,14,15,16). The van der Waals surface area contributed by atoms with Crippen molar-refractivity contribution in [2.75, 3.05) is 11.1 Å². The molecule has 17 heavy (non-hydrogen) atoms. The van der Waals surface area contributed by atoms with Crippen molar-refractivity contribution in [3.05, 3.63) is 12.1 Å². The van der Waals surface area contributed by atoms with Crippen molar-refractivity contribution in [1.82, 2.24) is 0 Å². The fraction of sp³-hybridized carbons (Fsp3) is 0.125. The summed E-state index contributed by atoms with van der Waals surface area (Å²) in [6.07, 6.45) is 0. The molecule has 0 saturated carbocycles. The van der Waals surface area contributed by atoms with Gasteiger partial charge in [-0.05, 0) is 12.1 Å². The Morgan fingerprint density at radius 2 is 2.12 bits per heavy atom. The molecule has 1 aromatic carbocycles. The van der Waals surface area contributed by atoms with Crippen LogP contribution in [0.4, 0.5) is 17.1 Å². The van der Waals surface area contributed by atoms with Gasteiger partial charge in [-0.25, -0.2) is 5.53 Å². The maximum Gasteiger partial charge on any atom is 0.298 e. The number of carbonyl (C=O) groups excluding carboxylic acids is 1. The fourth-order valence-electron chi connectivity index (χ4n) is 1.26. The lowest BCUT2D eigenvalue weighted by Crippen LogP contribution is -2.12. The van der Waals surface area contributed by atoms with Gasteiger partial charge in [-0.15, -0.1) is 0 Å². The van der Waals surface area contributed by atoms with Gasteiger partial charge in [-0.1, -0.05) is 0 Å². The van der Waals surface area contributed by atoms with Crippen LogP contribution in [0.15, 0.2) is 22.1 Å². The van der Waals surface area contributed by atoms with Gasteiger partial charge in [0.2, 0.25) is 5.91 Å². The van der Waals surface area contributed by atoms with E-state index in [4.69, 9.17) is 15.8 Å². The second-order valence-electron chi connectivity index (χ2n) is 3.15.